The zero-order valence-electron chi connectivity index (χ0n) is 20.9. The van der Waals surface area contributed by atoms with Gasteiger partial charge < -0.3 is 35.5 Å². The molecule has 1 aliphatic rings. The number of likely N-dealkylation sites (tertiary alicyclic amines) is 1. The second kappa shape index (κ2) is 11.1. The van der Waals surface area contributed by atoms with Crippen molar-refractivity contribution in [2.75, 3.05) is 43.2 Å². The number of amides is 1. The number of benzene rings is 1. The van der Waals surface area contributed by atoms with E-state index < -0.39 is 11.6 Å². The third-order valence-electron chi connectivity index (χ3n) is 5.28. The zero-order valence-corrected chi connectivity index (χ0v) is 20.9. The van der Waals surface area contributed by atoms with E-state index in [0.717, 1.165) is 12.8 Å². The Kier molecular flexibility index (Phi) is 8.21. The Balaban J connectivity index is 1.84. The number of hydrogen-bond donors (Lipinski definition) is 3. The van der Waals surface area contributed by atoms with Gasteiger partial charge in [0.2, 0.25) is 5.95 Å². The molecule has 1 fully saturated rings. The Bertz CT molecular complexity index is 1060. The molecular formula is C24H34N6O5. The molecule has 3 rings (SSSR count). The summed E-state index contributed by atoms with van der Waals surface area (Å²) in [4.78, 5) is 35.6. The van der Waals surface area contributed by atoms with Gasteiger partial charge in [0.1, 0.15) is 17.0 Å². The first kappa shape index (κ1) is 25.9. The van der Waals surface area contributed by atoms with Gasteiger partial charge in [-0.1, -0.05) is 12.1 Å². The molecule has 190 valence electrons. The lowest BCUT2D eigenvalue weighted by Gasteiger charge is -2.28. The van der Waals surface area contributed by atoms with Crippen LogP contribution in [0.25, 0.3) is 0 Å². The molecule has 0 saturated carbocycles. The molecule has 1 aliphatic heterocycles. The van der Waals surface area contributed by atoms with Crippen molar-refractivity contribution in [2.24, 2.45) is 0 Å². The number of esters is 1. The van der Waals surface area contributed by atoms with E-state index in [-0.39, 0.29) is 41.9 Å². The quantitative estimate of drug-likeness (QED) is 0.472. The predicted octanol–water partition coefficient (Wildman–Crippen LogP) is 3.80. The summed E-state index contributed by atoms with van der Waals surface area (Å²) in [5, 5.41) is 6.26. The lowest BCUT2D eigenvalue weighted by Crippen LogP contribution is -2.42. The van der Waals surface area contributed by atoms with Crippen molar-refractivity contribution < 1.29 is 23.8 Å². The first-order chi connectivity index (χ1) is 16.6. The van der Waals surface area contributed by atoms with Crippen molar-refractivity contribution in [1.82, 2.24) is 14.9 Å². The highest BCUT2D eigenvalue weighted by molar-refractivity contribution is 5.96. The smallest absolute Gasteiger partial charge is 0.410 e. The van der Waals surface area contributed by atoms with Crippen molar-refractivity contribution in [2.45, 2.75) is 52.2 Å². The van der Waals surface area contributed by atoms with Gasteiger partial charge in [-0.15, -0.1) is 0 Å². The van der Waals surface area contributed by atoms with Crippen LogP contribution in [-0.4, -0.2) is 65.4 Å². The van der Waals surface area contributed by atoms with E-state index in [2.05, 4.69) is 20.6 Å². The fraction of sp³-hybridized carbons (Fsp3) is 0.500. The van der Waals surface area contributed by atoms with Crippen molar-refractivity contribution in [3.63, 3.8) is 0 Å². The molecule has 0 aliphatic carbocycles. The van der Waals surface area contributed by atoms with Crippen LogP contribution in [0.5, 0.6) is 5.75 Å². The van der Waals surface area contributed by atoms with E-state index in [1.54, 1.807) is 31.1 Å². The Morgan fingerprint density at radius 2 is 1.97 bits per heavy atom. The van der Waals surface area contributed by atoms with Crippen LogP contribution in [0.1, 0.15) is 51.0 Å². The molecule has 0 spiro atoms. The number of ether oxygens (including phenoxy) is 3. The number of nitrogens with two attached hydrogens (primary N) is 1. The number of carbonyl (C=O) groups excluding carboxylic acids is 2. The maximum atomic E-state index is 12.6. The van der Waals surface area contributed by atoms with Crippen LogP contribution in [0.2, 0.25) is 0 Å². The van der Waals surface area contributed by atoms with Gasteiger partial charge in [-0.3, -0.25) is 0 Å². The van der Waals surface area contributed by atoms with E-state index in [1.807, 2.05) is 32.9 Å². The van der Waals surface area contributed by atoms with Crippen LogP contribution in [0, 0.1) is 0 Å². The fourth-order valence-corrected chi connectivity index (χ4v) is 3.69. The first-order valence-electron chi connectivity index (χ1n) is 11.6. The Morgan fingerprint density at radius 1 is 1.23 bits per heavy atom. The van der Waals surface area contributed by atoms with E-state index in [1.165, 1.54) is 0 Å². The van der Waals surface area contributed by atoms with Crippen LogP contribution in [0.15, 0.2) is 24.3 Å². The summed E-state index contributed by atoms with van der Waals surface area (Å²) in [6.45, 7) is 8.37. The number of carbonyl (C=O) groups is 2. The van der Waals surface area contributed by atoms with Gasteiger partial charge in [-0.2, -0.15) is 4.98 Å². The number of nitrogens with one attached hydrogen (secondary N) is 2. The van der Waals surface area contributed by atoms with E-state index in [0.29, 0.717) is 24.5 Å². The molecule has 0 unspecified atom stereocenters. The summed E-state index contributed by atoms with van der Waals surface area (Å²) < 4.78 is 16.0. The summed E-state index contributed by atoms with van der Waals surface area (Å²) >= 11 is 0. The molecule has 11 nitrogen and oxygen atoms in total. The topological polar surface area (TPSA) is 141 Å². The highest BCUT2D eigenvalue weighted by atomic mass is 16.6. The number of aromatic nitrogens is 2. The summed E-state index contributed by atoms with van der Waals surface area (Å²) in [7, 11) is 1.55. The zero-order chi connectivity index (χ0) is 25.6. The highest BCUT2D eigenvalue weighted by Gasteiger charge is 2.32. The third-order valence-corrected chi connectivity index (χ3v) is 5.28. The molecule has 35 heavy (non-hydrogen) atoms. The van der Waals surface area contributed by atoms with Crippen LogP contribution in [0.3, 0.4) is 0 Å². The molecule has 0 bridgehead atoms. The largest absolute Gasteiger partial charge is 0.495 e. The van der Waals surface area contributed by atoms with E-state index >= 15 is 0 Å². The van der Waals surface area contributed by atoms with Gasteiger partial charge in [-0.05, 0) is 52.7 Å². The molecule has 11 heteroatoms. The third kappa shape index (κ3) is 6.65. The van der Waals surface area contributed by atoms with Crippen LogP contribution in [0.4, 0.5) is 27.9 Å². The number of nitrogen functional groups attached to an aromatic ring is 1. The minimum Gasteiger partial charge on any atom is -0.495 e. The lowest BCUT2D eigenvalue weighted by molar-refractivity contribution is 0.0234. The molecule has 1 atom stereocenters. The number of nitrogens with zero attached hydrogens (tertiary/aromatic N) is 3. The summed E-state index contributed by atoms with van der Waals surface area (Å²) in [6, 6.07) is 7.15. The van der Waals surface area contributed by atoms with E-state index in [9.17, 15) is 9.59 Å². The Labute approximate surface area is 205 Å². The highest BCUT2D eigenvalue weighted by Crippen LogP contribution is 2.31. The standard InChI is InChI=1S/C24H34N6O5/c1-6-34-21(31)19-18(25)20(27-16-11-7-8-12-17(16)33-5)29-22(28-19)26-14-15-10-9-13-30(15)23(32)35-24(2,3)4/h7-8,11-12,15H,6,9-10,13-14,25H2,1-5H3,(H2,26,27,28,29)/t15-/m0/s1. The number of para-hydroxylation sites is 2. The Hall–Kier alpha value is -3.76. The molecular weight excluding hydrogens is 452 g/mol. The van der Waals surface area contributed by atoms with Gasteiger partial charge in [0.15, 0.2) is 11.5 Å². The average Bonchev–Trinajstić information content (AvgIpc) is 3.27. The molecule has 2 aromatic rings. The molecule has 2 heterocycles. The molecule has 1 aromatic carbocycles. The van der Waals surface area contributed by atoms with Crippen LogP contribution in [-0.2, 0) is 9.47 Å². The predicted molar refractivity (Wildman–Crippen MR) is 133 cm³/mol. The molecule has 0 radical (unpaired) electrons. The van der Waals surface area contributed by atoms with E-state index in [4.69, 9.17) is 19.9 Å². The van der Waals surface area contributed by atoms with Crippen molar-refractivity contribution >= 4 is 35.2 Å². The summed E-state index contributed by atoms with van der Waals surface area (Å²) in [5.74, 6) is 0.326. The van der Waals surface area contributed by atoms with Crippen molar-refractivity contribution in [3.05, 3.63) is 30.0 Å². The molecule has 4 N–H and O–H groups in total. The SMILES string of the molecule is CCOC(=O)c1nc(NC[C@@H]2CCCN2C(=O)OC(C)(C)C)nc(Nc2ccccc2OC)c1N. The number of hydrogen-bond acceptors (Lipinski definition) is 10. The molecule has 1 amide bonds. The minimum absolute atomic E-state index is 0.0520. The number of anilines is 4. The van der Waals surface area contributed by atoms with Crippen LogP contribution < -0.4 is 21.1 Å². The monoisotopic (exact) mass is 486 g/mol. The second-order valence-corrected chi connectivity index (χ2v) is 9.05. The second-order valence-electron chi connectivity index (χ2n) is 9.05. The fourth-order valence-electron chi connectivity index (χ4n) is 3.69. The van der Waals surface area contributed by atoms with Gasteiger partial charge >= 0.3 is 12.1 Å². The average molecular weight is 487 g/mol. The normalized spacial score (nSPS) is 15.5. The van der Waals surface area contributed by atoms with Crippen molar-refractivity contribution in [1.29, 1.82) is 0 Å². The van der Waals surface area contributed by atoms with Crippen molar-refractivity contribution in [3.8, 4) is 5.75 Å². The Morgan fingerprint density at radius 3 is 2.66 bits per heavy atom. The first-order valence-corrected chi connectivity index (χ1v) is 11.6. The van der Waals surface area contributed by atoms with Gasteiger partial charge in [0.05, 0.1) is 25.4 Å². The summed E-state index contributed by atoms with van der Waals surface area (Å²) in [5.41, 5.74) is 6.27. The van der Waals surface area contributed by atoms with Crippen LogP contribution >= 0.6 is 0 Å². The van der Waals surface area contributed by atoms with Gasteiger partial charge in [-0.25, -0.2) is 14.6 Å². The maximum absolute atomic E-state index is 12.6. The number of rotatable bonds is 8. The molecule has 1 aromatic heterocycles. The van der Waals surface area contributed by atoms with Gasteiger partial charge in [0, 0.05) is 13.1 Å². The number of methoxy groups -OCH3 is 1. The molecule has 1 saturated heterocycles. The summed E-state index contributed by atoms with van der Waals surface area (Å²) in [6.07, 6.45) is 1.31. The maximum Gasteiger partial charge on any atom is 0.410 e. The minimum atomic E-state index is -0.658. The van der Waals surface area contributed by atoms with Gasteiger partial charge in [0.25, 0.3) is 0 Å². The lowest BCUT2D eigenvalue weighted by atomic mass is 10.2.